The molecule has 2 aromatic carbocycles. The monoisotopic (exact) mass is 450 g/mol. The molecule has 164 valence electrons. The topological polar surface area (TPSA) is 92.3 Å². The zero-order chi connectivity index (χ0) is 21.9. The van der Waals surface area contributed by atoms with Crippen molar-refractivity contribution in [2.45, 2.75) is 43.6 Å². The summed E-state index contributed by atoms with van der Waals surface area (Å²) in [6, 6.07) is 13.0. The molecule has 0 spiro atoms. The number of unbranched alkanes of at least 4 members (excludes halogenated alkanes) is 2. The van der Waals surface area contributed by atoms with E-state index in [0.717, 1.165) is 24.8 Å². The molecule has 9 heteroatoms. The minimum absolute atomic E-state index is 0.0132. The maximum absolute atomic E-state index is 13.1. The number of thioether (sulfide) groups is 1. The Labute approximate surface area is 188 Å². The van der Waals surface area contributed by atoms with E-state index >= 15 is 0 Å². The third-order valence-corrected chi connectivity index (χ3v) is 6.20. The average Bonchev–Trinajstić information content (AvgIpc) is 3.48. The van der Waals surface area contributed by atoms with Crippen molar-refractivity contribution >= 4 is 22.7 Å². The number of rotatable bonds is 8. The van der Waals surface area contributed by atoms with Crippen LogP contribution in [0.3, 0.4) is 0 Å². The summed E-state index contributed by atoms with van der Waals surface area (Å²) in [6.07, 6.45) is 3.08. The number of nitrogens with zero attached hydrogens (tertiary/aromatic N) is 4. The van der Waals surface area contributed by atoms with Gasteiger partial charge in [-0.2, -0.15) is 4.98 Å². The van der Waals surface area contributed by atoms with E-state index in [1.54, 1.807) is 4.57 Å². The van der Waals surface area contributed by atoms with E-state index in [4.69, 9.17) is 19.0 Å². The van der Waals surface area contributed by atoms with Gasteiger partial charge in [0.05, 0.1) is 16.7 Å². The molecule has 0 radical (unpaired) electrons. The maximum Gasteiger partial charge on any atom is 0.262 e. The Morgan fingerprint density at radius 2 is 1.94 bits per heavy atom. The van der Waals surface area contributed by atoms with Crippen LogP contribution in [0.25, 0.3) is 22.3 Å². The standard InChI is InChI=1S/C23H22N4O4S/c1-2-3-6-11-27-22(28)16-7-4-5-8-17(16)24-23(27)32-13-20-25-21(26-31-20)15-9-10-18-19(12-15)30-14-29-18/h4-5,7-10,12H,2-3,6,11,13-14H2,1H3. The Morgan fingerprint density at radius 1 is 1.06 bits per heavy atom. The van der Waals surface area contributed by atoms with Crippen LogP contribution in [0.5, 0.6) is 11.5 Å². The van der Waals surface area contributed by atoms with Gasteiger partial charge in [0.2, 0.25) is 18.5 Å². The number of hydrogen-bond acceptors (Lipinski definition) is 8. The summed E-state index contributed by atoms with van der Waals surface area (Å²) in [5, 5.41) is 5.39. The molecule has 8 nitrogen and oxygen atoms in total. The average molecular weight is 451 g/mol. The van der Waals surface area contributed by atoms with Crippen molar-refractivity contribution in [2.24, 2.45) is 0 Å². The fourth-order valence-corrected chi connectivity index (χ4v) is 4.43. The molecule has 0 bridgehead atoms. The second kappa shape index (κ2) is 9.04. The van der Waals surface area contributed by atoms with Crippen LogP contribution in [0, 0.1) is 0 Å². The molecule has 32 heavy (non-hydrogen) atoms. The quantitative estimate of drug-likeness (QED) is 0.217. The molecule has 1 aliphatic heterocycles. The lowest BCUT2D eigenvalue weighted by atomic mass is 10.2. The molecule has 2 aromatic heterocycles. The first-order valence-electron chi connectivity index (χ1n) is 10.6. The molecular weight excluding hydrogens is 428 g/mol. The van der Waals surface area contributed by atoms with Crippen LogP contribution in [-0.4, -0.2) is 26.5 Å². The zero-order valence-corrected chi connectivity index (χ0v) is 18.4. The Hall–Kier alpha value is -3.33. The van der Waals surface area contributed by atoms with E-state index in [2.05, 4.69) is 17.1 Å². The smallest absolute Gasteiger partial charge is 0.262 e. The number of benzene rings is 2. The number of ether oxygens (including phenoxy) is 2. The van der Waals surface area contributed by atoms with Gasteiger partial charge in [-0.25, -0.2) is 4.98 Å². The van der Waals surface area contributed by atoms with Gasteiger partial charge in [-0.05, 0) is 36.8 Å². The molecule has 0 saturated carbocycles. The van der Waals surface area contributed by atoms with E-state index in [-0.39, 0.29) is 12.4 Å². The van der Waals surface area contributed by atoms with Gasteiger partial charge in [0.15, 0.2) is 16.7 Å². The zero-order valence-electron chi connectivity index (χ0n) is 17.6. The van der Waals surface area contributed by atoms with Gasteiger partial charge in [0, 0.05) is 12.1 Å². The highest BCUT2D eigenvalue weighted by Crippen LogP contribution is 2.35. The largest absolute Gasteiger partial charge is 0.454 e. The van der Waals surface area contributed by atoms with E-state index < -0.39 is 0 Å². The summed E-state index contributed by atoms with van der Waals surface area (Å²) in [6.45, 7) is 3.00. The van der Waals surface area contributed by atoms with Crippen LogP contribution in [0.2, 0.25) is 0 Å². The summed E-state index contributed by atoms with van der Waals surface area (Å²) >= 11 is 1.43. The third-order valence-electron chi connectivity index (χ3n) is 5.24. The second-order valence-electron chi connectivity index (χ2n) is 7.44. The fraction of sp³-hybridized carbons (Fsp3) is 0.304. The van der Waals surface area contributed by atoms with Crippen molar-refractivity contribution in [3.8, 4) is 22.9 Å². The van der Waals surface area contributed by atoms with Crippen LogP contribution in [0.15, 0.2) is 56.9 Å². The van der Waals surface area contributed by atoms with Gasteiger partial charge in [-0.3, -0.25) is 9.36 Å². The van der Waals surface area contributed by atoms with Crippen molar-refractivity contribution in [2.75, 3.05) is 6.79 Å². The van der Waals surface area contributed by atoms with E-state index in [1.165, 1.54) is 11.8 Å². The molecule has 5 rings (SSSR count). The maximum atomic E-state index is 13.1. The summed E-state index contributed by atoms with van der Waals surface area (Å²) in [5.41, 5.74) is 1.47. The van der Waals surface area contributed by atoms with Gasteiger partial charge < -0.3 is 14.0 Å². The fourth-order valence-electron chi connectivity index (χ4n) is 3.57. The van der Waals surface area contributed by atoms with E-state index in [0.29, 0.717) is 51.6 Å². The number of fused-ring (bicyclic) bond motifs is 2. The van der Waals surface area contributed by atoms with Gasteiger partial charge in [-0.15, -0.1) is 0 Å². The summed E-state index contributed by atoms with van der Waals surface area (Å²) in [7, 11) is 0. The predicted molar refractivity (Wildman–Crippen MR) is 121 cm³/mol. The normalized spacial score (nSPS) is 12.5. The van der Waals surface area contributed by atoms with Crippen molar-refractivity contribution in [1.82, 2.24) is 19.7 Å². The predicted octanol–water partition coefficient (Wildman–Crippen LogP) is 4.66. The molecule has 0 amide bonds. The first-order chi connectivity index (χ1) is 15.7. The second-order valence-corrected chi connectivity index (χ2v) is 8.39. The van der Waals surface area contributed by atoms with Gasteiger partial charge in [0.1, 0.15) is 0 Å². The van der Waals surface area contributed by atoms with Crippen molar-refractivity contribution in [3.05, 3.63) is 58.7 Å². The SMILES string of the molecule is CCCCCn1c(SCc2nc(-c3ccc4c(c3)OCO4)no2)nc2ccccc2c1=O. The number of aromatic nitrogens is 4. The highest BCUT2D eigenvalue weighted by atomic mass is 32.2. The molecule has 0 atom stereocenters. The molecule has 4 aromatic rings. The Balaban J connectivity index is 1.38. The van der Waals surface area contributed by atoms with Gasteiger partial charge in [-0.1, -0.05) is 48.8 Å². The molecule has 0 N–H and O–H groups in total. The molecule has 0 unspecified atom stereocenters. The molecule has 3 heterocycles. The lowest BCUT2D eigenvalue weighted by molar-refractivity contribution is 0.174. The molecule has 0 aliphatic carbocycles. The van der Waals surface area contributed by atoms with Crippen molar-refractivity contribution in [1.29, 1.82) is 0 Å². The highest BCUT2D eigenvalue weighted by molar-refractivity contribution is 7.98. The van der Waals surface area contributed by atoms with E-state index in [9.17, 15) is 4.79 Å². The van der Waals surface area contributed by atoms with Crippen LogP contribution in [0.4, 0.5) is 0 Å². The molecule has 0 fully saturated rings. The third kappa shape index (κ3) is 4.08. The minimum Gasteiger partial charge on any atom is -0.454 e. The first kappa shape index (κ1) is 20.6. The lowest BCUT2D eigenvalue weighted by Crippen LogP contribution is -2.23. The van der Waals surface area contributed by atoms with Crippen LogP contribution >= 0.6 is 11.8 Å². The van der Waals surface area contributed by atoms with Crippen molar-refractivity contribution < 1.29 is 14.0 Å². The van der Waals surface area contributed by atoms with E-state index in [1.807, 2.05) is 42.5 Å². The summed E-state index contributed by atoms with van der Waals surface area (Å²) in [4.78, 5) is 22.3. The van der Waals surface area contributed by atoms with Crippen LogP contribution in [-0.2, 0) is 12.3 Å². The van der Waals surface area contributed by atoms with Crippen LogP contribution in [0.1, 0.15) is 32.1 Å². The Kier molecular flexibility index (Phi) is 5.81. The summed E-state index contributed by atoms with van der Waals surface area (Å²) in [5.74, 6) is 2.72. The van der Waals surface area contributed by atoms with Crippen molar-refractivity contribution in [3.63, 3.8) is 0 Å². The minimum atomic E-state index is -0.0132. The van der Waals surface area contributed by atoms with Gasteiger partial charge in [0.25, 0.3) is 5.56 Å². The molecule has 1 aliphatic rings. The number of hydrogen-bond donors (Lipinski definition) is 0. The molecular formula is C23H22N4O4S. The summed E-state index contributed by atoms with van der Waals surface area (Å²) < 4.78 is 18.0. The Bertz CT molecular complexity index is 1320. The van der Waals surface area contributed by atoms with Gasteiger partial charge >= 0.3 is 0 Å². The first-order valence-corrected chi connectivity index (χ1v) is 11.6. The van der Waals surface area contributed by atoms with Crippen LogP contribution < -0.4 is 15.0 Å². The highest BCUT2D eigenvalue weighted by Gasteiger charge is 2.18. The number of para-hydroxylation sites is 1. The Morgan fingerprint density at radius 3 is 2.84 bits per heavy atom. The molecule has 0 saturated heterocycles. The lowest BCUT2D eigenvalue weighted by Gasteiger charge is -2.12.